The molecule has 0 saturated heterocycles. The number of hydrogen-bond acceptors (Lipinski definition) is 1. The molecule has 0 radical (unpaired) electrons. The van der Waals surface area contributed by atoms with Crippen LogP contribution in [0.1, 0.15) is 11.1 Å². The van der Waals surface area contributed by atoms with Gasteiger partial charge in [-0.05, 0) is 70.0 Å². The van der Waals surface area contributed by atoms with E-state index in [2.05, 4.69) is 144 Å². The molecule has 0 bridgehead atoms. The summed E-state index contributed by atoms with van der Waals surface area (Å²) in [4.78, 5) is 0. The lowest BCUT2D eigenvalue weighted by atomic mass is 9.99. The summed E-state index contributed by atoms with van der Waals surface area (Å²) < 4.78 is 5.26. The van der Waals surface area contributed by atoms with E-state index in [0.29, 0.717) is 0 Å². The van der Waals surface area contributed by atoms with Crippen molar-refractivity contribution in [2.24, 2.45) is 0 Å². The molecule has 43 heavy (non-hydrogen) atoms. The Morgan fingerprint density at radius 1 is 0.488 bits per heavy atom. The molecule has 0 saturated carbocycles. The molecule has 2 heterocycles. The zero-order valence-electron chi connectivity index (χ0n) is 23.3. The van der Waals surface area contributed by atoms with E-state index in [9.17, 15) is 0 Å². The van der Waals surface area contributed by atoms with E-state index in [1.165, 1.54) is 91.8 Å². The van der Waals surface area contributed by atoms with Gasteiger partial charge in [-0.25, -0.2) is 0 Å². The van der Waals surface area contributed by atoms with Gasteiger partial charge in [-0.15, -0.1) is 11.3 Å². The van der Waals surface area contributed by atoms with Crippen LogP contribution >= 0.6 is 11.3 Å². The third kappa shape index (κ3) is 3.27. The molecule has 1 nitrogen and oxygen atoms in total. The third-order valence-corrected chi connectivity index (χ3v) is 10.6. The molecule has 0 aliphatic heterocycles. The molecular formula is C41H25NS. The Bertz CT molecular complexity index is 2580. The lowest BCUT2D eigenvalue weighted by Gasteiger charge is -2.14. The van der Waals surface area contributed by atoms with E-state index < -0.39 is 0 Å². The van der Waals surface area contributed by atoms with Crippen molar-refractivity contribution in [3.63, 3.8) is 0 Å². The maximum atomic E-state index is 2.50. The van der Waals surface area contributed by atoms with Crippen molar-refractivity contribution in [1.82, 2.24) is 4.57 Å². The second-order valence-electron chi connectivity index (χ2n) is 11.7. The van der Waals surface area contributed by atoms with Crippen LogP contribution in [0, 0.1) is 0 Å². The van der Waals surface area contributed by atoms with Crippen LogP contribution < -0.4 is 0 Å². The highest BCUT2D eigenvalue weighted by molar-refractivity contribution is 7.26. The highest BCUT2D eigenvalue weighted by atomic mass is 32.1. The van der Waals surface area contributed by atoms with E-state index in [-0.39, 0.29) is 0 Å². The third-order valence-electron chi connectivity index (χ3n) is 9.38. The summed E-state index contributed by atoms with van der Waals surface area (Å²) in [6.07, 6.45) is 1.03. The molecule has 0 fully saturated rings. The van der Waals surface area contributed by atoms with Crippen LogP contribution in [0.4, 0.5) is 0 Å². The topological polar surface area (TPSA) is 4.93 Å². The van der Waals surface area contributed by atoms with Gasteiger partial charge in [-0.1, -0.05) is 109 Å². The Morgan fingerprint density at radius 3 is 2.21 bits per heavy atom. The predicted octanol–water partition coefficient (Wildman–Crippen LogP) is 11.5. The maximum absolute atomic E-state index is 2.50. The molecule has 0 unspecified atom stereocenters. The first-order chi connectivity index (χ1) is 21.3. The molecule has 2 heteroatoms. The van der Waals surface area contributed by atoms with Crippen molar-refractivity contribution in [2.75, 3.05) is 0 Å². The van der Waals surface area contributed by atoms with Gasteiger partial charge in [0, 0.05) is 41.9 Å². The van der Waals surface area contributed by atoms with Gasteiger partial charge < -0.3 is 4.57 Å². The molecule has 0 amide bonds. The van der Waals surface area contributed by atoms with E-state index in [0.717, 1.165) is 6.42 Å². The van der Waals surface area contributed by atoms with Crippen molar-refractivity contribution < 1.29 is 0 Å². The fraction of sp³-hybridized carbons (Fsp3) is 0.0244. The Kier molecular flexibility index (Phi) is 4.72. The minimum atomic E-state index is 1.03. The summed E-state index contributed by atoms with van der Waals surface area (Å²) >= 11 is 1.95. The van der Waals surface area contributed by atoms with Gasteiger partial charge in [-0.2, -0.15) is 0 Å². The van der Waals surface area contributed by atoms with Crippen LogP contribution in [0.15, 0.2) is 140 Å². The fourth-order valence-electron chi connectivity index (χ4n) is 7.44. The number of thiophene rings is 1. The number of para-hydroxylation sites is 1. The summed E-state index contributed by atoms with van der Waals surface area (Å²) in [5.41, 5.74) is 11.9. The number of nitrogens with zero attached hydrogens (tertiary/aromatic N) is 1. The lowest BCUT2D eigenvalue weighted by molar-refractivity contribution is 1.20. The van der Waals surface area contributed by atoms with Crippen LogP contribution in [-0.2, 0) is 6.42 Å². The average Bonchev–Trinajstić information content (AvgIpc) is 3.72. The molecule has 10 rings (SSSR count). The quantitative estimate of drug-likeness (QED) is 0.197. The molecule has 0 spiro atoms. The Hall–Kier alpha value is -5.18. The van der Waals surface area contributed by atoms with Crippen LogP contribution in [0.25, 0.3) is 80.7 Å². The fourth-order valence-corrected chi connectivity index (χ4v) is 8.74. The number of fused-ring (bicyclic) bond motifs is 11. The summed E-state index contributed by atoms with van der Waals surface area (Å²) in [5, 5.41) is 7.83. The zero-order valence-corrected chi connectivity index (χ0v) is 24.2. The molecule has 200 valence electrons. The molecule has 1 aliphatic carbocycles. The van der Waals surface area contributed by atoms with Crippen molar-refractivity contribution in [2.45, 2.75) is 6.42 Å². The Labute approximate surface area is 252 Å². The number of hydrogen-bond donors (Lipinski definition) is 0. The van der Waals surface area contributed by atoms with Crippen molar-refractivity contribution in [3.05, 3.63) is 151 Å². The zero-order chi connectivity index (χ0) is 28.1. The maximum Gasteiger partial charge on any atom is 0.0555 e. The Balaban J connectivity index is 1.32. The lowest BCUT2D eigenvalue weighted by Crippen LogP contribution is -1.96. The first-order valence-corrected chi connectivity index (χ1v) is 15.7. The second-order valence-corrected chi connectivity index (χ2v) is 12.8. The summed E-state index contributed by atoms with van der Waals surface area (Å²) in [6, 6.07) is 51.7. The Morgan fingerprint density at radius 2 is 1.28 bits per heavy atom. The summed E-state index contributed by atoms with van der Waals surface area (Å²) in [7, 11) is 0. The van der Waals surface area contributed by atoms with Gasteiger partial charge in [0.2, 0.25) is 0 Å². The number of benzene rings is 7. The largest absolute Gasteiger partial charge is 0.309 e. The van der Waals surface area contributed by atoms with Gasteiger partial charge in [0.25, 0.3) is 0 Å². The molecule has 0 N–H and O–H groups in total. The van der Waals surface area contributed by atoms with E-state index in [4.69, 9.17) is 0 Å². The van der Waals surface area contributed by atoms with Crippen LogP contribution in [0.2, 0.25) is 0 Å². The van der Waals surface area contributed by atoms with Crippen molar-refractivity contribution in [1.29, 1.82) is 0 Å². The number of rotatable bonds is 2. The molecule has 2 aromatic heterocycles. The molecule has 1 aliphatic rings. The molecular weight excluding hydrogens is 539 g/mol. The van der Waals surface area contributed by atoms with Crippen molar-refractivity contribution >= 4 is 64.1 Å². The van der Waals surface area contributed by atoms with Crippen molar-refractivity contribution in [3.8, 4) is 27.9 Å². The highest BCUT2D eigenvalue weighted by Crippen LogP contribution is 2.48. The first kappa shape index (κ1) is 23.4. The average molecular weight is 564 g/mol. The van der Waals surface area contributed by atoms with Gasteiger partial charge in [-0.3, -0.25) is 0 Å². The summed E-state index contributed by atoms with van der Waals surface area (Å²) in [6.45, 7) is 0. The van der Waals surface area contributed by atoms with Gasteiger partial charge >= 0.3 is 0 Å². The van der Waals surface area contributed by atoms with E-state index >= 15 is 0 Å². The van der Waals surface area contributed by atoms with Gasteiger partial charge in [0.1, 0.15) is 0 Å². The number of aromatic nitrogens is 1. The van der Waals surface area contributed by atoms with Crippen LogP contribution in [-0.4, -0.2) is 4.57 Å². The SMILES string of the molecule is c1ccc(-c2cc(-n3c4ccccc4c4cc5c(cc43)sc3c4c(ccc35)Cc3ccccc3-4)c3ccccc3c2)cc1. The highest BCUT2D eigenvalue weighted by Gasteiger charge is 2.23. The smallest absolute Gasteiger partial charge is 0.0555 e. The van der Waals surface area contributed by atoms with Gasteiger partial charge in [0.05, 0.1) is 16.7 Å². The molecule has 9 aromatic rings. The van der Waals surface area contributed by atoms with E-state index in [1.807, 2.05) is 11.3 Å². The second kappa shape index (κ2) is 8.67. The molecule has 0 atom stereocenters. The minimum absolute atomic E-state index is 1.03. The minimum Gasteiger partial charge on any atom is -0.309 e. The monoisotopic (exact) mass is 563 g/mol. The van der Waals surface area contributed by atoms with Crippen LogP contribution in [0.5, 0.6) is 0 Å². The van der Waals surface area contributed by atoms with Crippen LogP contribution in [0.3, 0.4) is 0 Å². The normalized spacial score (nSPS) is 12.6. The first-order valence-electron chi connectivity index (χ1n) is 14.9. The molecule has 7 aromatic carbocycles. The summed E-state index contributed by atoms with van der Waals surface area (Å²) in [5.74, 6) is 0. The van der Waals surface area contributed by atoms with Gasteiger partial charge in [0.15, 0.2) is 0 Å². The predicted molar refractivity (Wildman–Crippen MR) is 185 cm³/mol. The van der Waals surface area contributed by atoms with E-state index in [1.54, 1.807) is 0 Å². The standard InChI is InChI=1S/C41H25NS/c1-2-10-25(11-3-1)29-21-26-12-4-6-14-30(26)37(22-29)42-36-17-9-8-16-32(36)34-23-35-33-19-18-28-20-27-13-5-7-15-31(27)40(28)41(33)43-39(35)24-38(34)42/h1-19,21-24H,20H2.